The zero-order valence-corrected chi connectivity index (χ0v) is 44.9. The minimum absolute atomic E-state index is 0. The summed E-state index contributed by atoms with van der Waals surface area (Å²) in [5.74, 6) is 4.93. The predicted octanol–water partition coefficient (Wildman–Crippen LogP) is 12.5. The van der Waals surface area contributed by atoms with E-state index < -0.39 is 15.8 Å². The number of rotatable bonds is 6. The van der Waals surface area contributed by atoms with Gasteiger partial charge in [-0.1, -0.05) is 173 Å². The van der Waals surface area contributed by atoms with E-state index >= 15 is 0 Å². The van der Waals surface area contributed by atoms with Gasteiger partial charge in [-0.15, -0.1) is 35.4 Å². The second-order valence-electron chi connectivity index (χ2n) is 17.9. The molecule has 0 N–H and O–H groups in total. The van der Waals surface area contributed by atoms with Crippen LogP contribution in [0, 0.1) is 24.7 Å². The van der Waals surface area contributed by atoms with Crippen molar-refractivity contribution in [2.24, 2.45) is 0 Å². The van der Waals surface area contributed by atoms with Gasteiger partial charge in [-0.2, -0.15) is 0 Å². The first-order valence-corrected chi connectivity index (χ1v) is 25.6. The van der Waals surface area contributed by atoms with E-state index in [2.05, 4.69) is 258 Å². The summed E-state index contributed by atoms with van der Waals surface area (Å²) in [5.41, 5.74) is 12.3. The van der Waals surface area contributed by atoms with Crippen molar-refractivity contribution in [3.8, 4) is 34.1 Å². The summed E-state index contributed by atoms with van der Waals surface area (Å²) in [6.07, 6.45) is 14.5. The Kier molecular flexibility index (Phi) is 16.5. The Morgan fingerprint density at radius 2 is 0.574 bits per heavy atom. The summed E-state index contributed by atoms with van der Waals surface area (Å²) < 4.78 is 0. The molecular formula is C64H52Au2P2+2. The van der Waals surface area contributed by atoms with Gasteiger partial charge in [-0.25, -0.2) is 0 Å². The van der Waals surface area contributed by atoms with Gasteiger partial charge in [0.25, 0.3) is 0 Å². The summed E-state index contributed by atoms with van der Waals surface area (Å²) in [6, 6.07) is 82.8. The third-order valence-electron chi connectivity index (χ3n) is 13.2. The molecule has 0 unspecified atom stereocenters. The van der Waals surface area contributed by atoms with Crippen LogP contribution in [0.1, 0.15) is 61.1 Å². The van der Waals surface area contributed by atoms with E-state index in [1.165, 1.54) is 76.3 Å². The molecule has 0 spiro atoms. The smallest absolute Gasteiger partial charge is 0.366 e. The van der Waals surface area contributed by atoms with Gasteiger partial charge in [0.2, 0.25) is 0 Å². The second kappa shape index (κ2) is 22.2. The Morgan fingerprint density at radius 1 is 0.309 bits per heavy atom. The van der Waals surface area contributed by atoms with E-state index in [0.29, 0.717) is 0 Å². The van der Waals surface area contributed by atoms with E-state index in [-0.39, 0.29) is 55.6 Å². The fourth-order valence-corrected chi connectivity index (χ4v) is 15.9. The fourth-order valence-electron chi connectivity index (χ4n) is 9.89. The molecule has 0 bridgehead atoms. The molecule has 0 aromatic heterocycles. The second-order valence-corrected chi connectivity index (χ2v) is 22.8. The summed E-state index contributed by atoms with van der Waals surface area (Å²) in [4.78, 5) is 0. The van der Waals surface area contributed by atoms with Crippen molar-refractivity contribution in [2.45, 2.75) is 38.5 Å². The van der Waals surface area contributed by atoms with Crippen molar-refractivity contribution in [2.75, 3.05) is 0 Å². The van der Waals surface area contributed by atoms with Crippen LogP contribution < -0.4 is 31.8 Å². The zero-order valence-electron chi connectivity index (χ0n) is 38.5. The normalized spacial score (nSPS) is 12.6. The monoisotopic (exact) mass is 1280 g/mol. The minimum atomic E-state index is -1.14. The van der Waals surface area contributed by atoms with Gasteiger partial charge in [-0.3, -0.25) is 11.8 Å². The zero-order chi connectivity index (χ0) is 45.7. The summed E-state index contributed by atoms with van der Waals surface area (Å²) in [5, 5.41) is 8.71. The van der Waals surface area contributed by atoms with Crippen LogP contribution in [0.5, 0.6) is 0 Å². The Bertz CT molecular complexity index is 2920. The molecule has 9 aromatic rings. The maximum atomic E-state index is 7.24. The van der Waals surface area contributed by atoms with Gasteiger partial charge >= 0.3 is 44.8 Å². The van der Waals surface area contributed by atoms with Crippen LogP contribution in [0.3, 0.4) is 0 Å². The van der Waals surface area contributed by atoms with Crippen LogP contribution in [0.15, 0.2) is 231 Å². The van der Waals surface area contributed by atoms with Gasteiger partial charge in [-0.05, 0) is 105 Å². The van der Waals surface area contributed by atoms with Crippen LogP contribution in [-0.4, -0.2) is 0 Å². The van der Waals surface area contributed by atoms with E-state index in [0.717, 1.165) is 11.1 Å². The Balaban J connectivity index is 0.000000161. The van der Waals surface area contributed by atoms with Crippen molar-refractivity contribution < 1.29 is 44.8 Å². The standard InChI is InChI=1S/C30H24P2.2C17H13.2Au/c1-5-15-25(16-6-1)31(26-17-7-2-8-18-26)29-23-13-14-24-30(29)32(27-19-9-3-10-20-27)28-21-11-4-12-22-28;2*1-4-12-9-10-16-14(11-12)13-7-5-6-8-15(13)17(16,2)3;;/h1-24H;2*5-11H,2-3H3;;/q;2*-1;2*+1/p+2. The first-order chi connectivity index (χ1) is 32.2. The molecule has 4 heteroatoms. The topological polar surface area (TPSA) is 0 Å². The van der Waals surface area contributed by atoms with Crippen LogP contribution in [0.25, 0.3) is 22.3 Å². The molecule has 0 amide bonds. The van der Waals surface area contributed by atoms with E-state index in [4.69, 9.17) is 12.8 Å². The van der Waals surface area contributed by atoms with E-state index in [1.807, 2.05) is 12.1 Å². The number of hydrogen-bond donors (Lipinski definition) is 0. The average molecular weight is 1280 g/mol. The fraction of sp³-hybridized carbons (Fsp3) is 0.0938. The molecule has 0 atom stereocenters. The van der Waals surface area contributed by atoms with Crippen LogP contribution >= 0.6 is 15.8 Å². The predicted molar refractivity (Wildman–Crippen MR) is 287 cm³/mol. The molecule has 0 aliphatic heterocycles. The summed E-state index contributed by atoms with van der Waals surface area (Å²) >= 11 is 0. The maximum absolute atomic E-state index is 7.24. The summed E-state index contributed by atoms with van der Waals surface area (Å²) in [6.45, 7) is 9.02. The van der Waals surface area contributed by atoms with E-state index in [9.17, 15) is 0 Å². The molecule has 0 saturated heterocycles. The molecule has 0 radical (unpaired) electrons. The molecule has 0 saturated carbocycles. The SMILES string of the molecule is [Au+].[Au+].[C-]#Cc1ccc2c(c1)-c1ccccc1C2(C)C.[C-]#Cc1ccc2c(c1)-c1ccccc1C2(C)C.c1ccc([PH+](c2ccccc2)c2ccccc2[PH+](c2ccccc2)c2ccccc2)cc1. The van der Waals surface area contributed by atoms with Crippen molar-refractivity contribution in [3.05, 3.63) is 277 Å². The maximum Gasteiger partial charge on any atom is 1.00 e. The van der Waals surface area contributed by atoms with Crippen molar-refractivity contribution in [3.63, 3.8) is 0 Å². The molecular weight excluding hydrogens is 1220 g/mol. The number of benzene rings is 9. The van der Waals surface area contributed by atoms with Crippen LogP contribution in [-0.2, 0) is 55.6 Å². The molecule has 9 aromatic carbocycles. The third kappa shape index (κ3) is 10.1. The van der Waals surface area contributed by atoms with Gasteiger partial charge in [0.1, 0.15) is 47.7 Å². The third-order valence-corrected chi connectivity index (χ3v) is 19.0. The van der Waals surface area contributed by atoms with Crippen LogP contribution in [0.2, 0.25) is 0 Å². The summed E-state index contributed by atoms with van der Waals surface area (Å²) in [7, 11) is -2.28. The van der Waals surface area contributed by atoms with Crippen molar-refractivity contribution in [1.82, 2.24) is 0 Å². The van der Waals surface area contributed by atoms with Crippen molar-refractivity contribution >= 4 is 47.7 Å². The molecule has 2 aliphatic carbocycles. The first kappa shape index (κ1) is 50.3. The van der Waals surface area contributed by atoms with Gasteiger partial charge in [0.05, 0.1) is 0 Å². The van der Waals surface area contributed by atoms with E-state index in [1.54, 1.807) is 0 Å². The number of hydrogen-bond acceptors (Lipinski definition) is 0. The molecule has 0 heterocycles. The largest absolute Gasteiger partial charge is 1.00 e. The molecule has 11 rings (SSSR count). The minimum Gasteiger partial charge on any atom is -0.366 e. The van der Waals surface area contributed by atoms with Gasteiger partial charge < -0.3 is 12.8 Å². The average Bonchev–Trinajstić information content (AvgIpc) is 3.75. The number of fused-ring (bicyclic) bond motifs is 6. The first-order valence-electron chi connectivity index (χ1n) is 22.6. The molecule has 0 fully saturated rings. The van der Waals surface area contributed by atoms with Gasteiger partial charge in [0.15, 0.2) is 0 Å². The van der Waals surface area contributed by atoms with Crippen molar-refractivity contribution in [1.29, 1.82) is 0 Å². The quantitative estimate of drug-likeness (QED) is 0.0674. The molecule has 338 valence electrons. The molecule has 0 nitrogen and oxygen atoms in total. The Morgan fingerprint density at radius 3 is 0.882 bits per heavy atom. The molecule has 2 aliphatic rings. The Hall–Kier alpha value is -5.56. The van der Waals surface area contributed by atoms with Crippen LogP contribution in [0.4, 0.5) is 0 Å². The Labute approximate surface area is 438 Å². The molecule has 68 heavy (non-hydrogen) atoms. The van der Waals surface area contributed by atoms with Gasteiger partial charge in [0, 0.05) is 10.8 Å².